The summed E-state index contributed by atoms with van der Waals surface area (Å²) in [5.41, 5.74) is -0.291. The zero-order chi connectivity index (χ0) is 27.7. The van der Waals surface area contributed by atoms with Crippen LogP contribution < -0.4 is 0 Å². The highest BCUT2D eigenvalue weighted by Gasteiger charge is 2.38. The molecule has 3 aromatic carbocycles. The van der Waals surface area contributed by atoms with E-state index in [1.54, 1.807) is 17.4 Å². The van der Waals surface area contributed by atoms with E-state index in [0.29, 0.717) is 18.7 Å². The minimum Gasteiger partial charge on any atom is -0.373 e. The topological polar surface area (TPSA) is 9.23 Å². The van der Waals surface area contributed by atoms with Gasteiger partial charge in [-0.15, -0.1) is 11.3 Å². The van der Waals surface area contributed by atoms with E-state index in [0.717, 1.165) is 44.1 Å². The molecule has 8 heteroatoms. The van der Waals surface area contributed by atoms with Crippen LogP contribution in [0.2, 0.25) is 0 Å². The van der Waals surface area contributed by atoms with Crippen molar-refractivity contribution in [2.24, 2.45) is 0 Å². The van der Waals surface area contributed by atoms with Crippen LogP contribution in [0.15, 0.2) is 54.6 Å². The number of alkyl halides is 3. The Kier molecular flexibility index (Phi) is 8.06. The van der Waals surface area contributed by atoms with Crippen LogP contribution in [-0.2, 0) is 23.9 Å². The largest absolute Gasteiger partial charge is 0.422 e. The maximum Gasteiger partial charge on any atom is 0.422 e. The Labute approximate surface area is 227 Å². The molecule has 39 heavy (non-hydrogen) atoms. The predicted octanol–water partition coefficient (Wildman–Crippen LogP) is 10.2. The van der Waals surface area contributed by atoms with Gasteiger partial charge in [0.25, 0.3) is 0 Å². The molecule has 0 spiro atoms. The van der Waals surface area contributed by atoms with Crippen molar-refractivity contribution in [1.82, 2.24) is 0 Å². The van der Waals surface area contributed by atoms with Gasteiger partial charge in [0, 0.05) is 15.1 Å². The van der Waals surface area contributed by atoms with Gasteiger partial charge in [0.2, 0.25) is 0 Å². The van der Waals surface area contributed by atoms with E-state index < -0.39 is 29.2 Å². The molecule has 5 rings (SSSR count). The standard InChI is InChI=1S/C31H28F6OS/c1-2-3-18-4-5-21-13-24(39-29(21)12-18)17-38-23-9-6-19(7-10-23)20-8-11-25(26(32)14-20)22-15-27(33)30(28(34)16-22)31(35,36)37/h4-5,8,11-16,19,23H,2-3,6-7,9-10,17H2,1H3. The summed E-state index contributed by atoms with van der Waals surface area (Å²) >= 11 is 1.76. The number of benzene rings is 3. The number of rotatable bonds is 7. The maximum atomic E-state index is 14.9. The Morgan fingerprint density at radius 1 is 0.846 bits per heavy atom. The predicted molar refractivity (Wildman–Crippen MR) is 142 cm³/mol. The Balaban J connectivity index is 1.19. The lowest BCUT2D eigenvalue weighted by atomic mass is 9.82. The van der Waals surface area contributed by atoms with Crippen LogP contribution in [0.25, 0.3) is 21.2 Å². The first-order valence-corrected chi connectivity index (χ1v) is 13.9. The molecule has 0 unspecified atom stereocenters. The average Bonchev–Trinajstić information content (AvgIpc) is 3.29. The van der Waals surface area contributed by atoms with E-state index in [1.807, 2.05) is 0 Å². The molecule has 1 aromatic heterocycles. The molecule has 1 saturated carbocycles. The second-order valence-corrected chi connectivity index (χ2v) is 11.3. The molecule has 0 aliphatic heterocycles. The second-order valence-electron chi connectivity index (χ2n) is 10.2. The van der Waals surface area contributed by atoms with E-state index in [9.17, 15) is 26.3 Å². The summed E-state index contributed by atoms with van der Waals surface area (Å²) in [6.07, 6.45) is 0.397. The van der Waals surface area contributed by atoms with Crippen LogP contribution in [0.5, 0.6) is 0 Å². The Morgan fingerprint density at radius 2 is 1.56 bits per heavy atom. The molecule has 1 nitrogen and oxygen atoms in total. The van der Waals surface area contributed by atoms with Gasteiger partial charge in [0.05, 0.1) is 12.7 Å². The van der Waals surface area contributed by atoms with Crippen molar-refractivity contribution < 1.29 is 31.1 Å². The Morgan fingerprint density at radius 3 is 2.21 bits per heavy atom. The lowest BCUT2D eigenvalue weighted by Gasteiger charge is -2.29. The van der Waals surface area contributed by atoms with Crippen LogP contribution in [-0.4, -0.2) is 6.10 Å². The third-order valence-electron chi connectivity index (χ3n) is 7.41. The Hall–Kier alpha value is -2.84. The molecule has 0 bridgehead atoms. The van der Waals surface area contributed by atoms with E-state index >= 15 is 0 Å². The zero-order valence-corrected chi connectivity index (χ0v) is 22.2. The maximum absolute atomic E-state index is 14.9. The molecule has 1 aliphatic carbocycles. The van der Waals surface area contributed by atoms with Crippen molar-refractivity contribution >= 4 is 21.4 Å². The fourth-order valence-electron chi connectivity index (χ4n) is 5.43. The van der Waals surface area contributed by atoms with E-state index in [-0.39, 0.29) is 23.1 Å². The molecular weight excluding hydrogens is 534 g/mol. The number of thiophene rings is 1. The van der Waals surface area contributed by atoms with Crippen LogP contribution in [0.3, 0.4) is 0 Å². The molecule has 1 aliphatic rings. The molecule has 1 heterocycles. The number of halogens is 6. The van der Waals surface area contributed by atoms with Gasteiger partial charge in [-0.25, -0.2) is 13.2 Å². The van der Waals surface area contributed by atoms with Crippen LogP contribution in [0.4, 0.5) is 26.3 Å². The van der Waals surface area contributed by atoms with Crippen LogP contribution in [0, 0.1) is 17.5 Å². The normalized spacial score (nSPS) is 18.1. The van der Waals surface area contributed by atoms with Gasteiger partial charge in [0.1, 0.15) is 23.0 Å². The van der Waals surface area contributed by atoms with Gasteiger partial charge in [-0.3, -0.25) is 0 Å². The highest BCUT2D eigenvalue weighted by Crippen LogP contribution is 2.39. The third-order valence-corrected chi connectivity index (χ3v) is 8.48. The second kappa shape index (κ2) is 11.3. The Bertz CT molecular complexity index is 1440. The molecule has 4 aromatic rings. The van der Waals surface area contributed by atoms with Crippen molar-refractivity contribution in [1.29, 1.82) is 0 Å². The minimum atomic E-state index is -5.17. The number of hydrogen-bond donors (Lipinski definition) is 0. The average molecular weight is 563 g/mol. The summed E-state index contributed by atoms with van der Waals surface area (Å²) in [7, 11) is 0. The van der Waals surface area contributed by atoms with Crippen LogP contribution in [0.1, 0.15) is 66.5 Å². The first-order chi connectivity index (χ1) is 18.6. The molecule has 206 valence electrons. The van der Waals surface area contributed by atoms with Crippen molar-refractivity contribution in [3.8, 4) is 11.1 Å². The first-order valence-electron chi connectivity index (χ1n) is 13.1. The number of fused-ring (bicyclic) bond motifs is 1. The fraction of sp³-hybridized carbons (Fsp3) is 0.355. The first kappa shape index (κ1) is 27.7. The lowest BCUT2D eigenvalue weighted by Crippen LogP contribution is -2.20. The number of hydrogen-bond acceptors (Lipinski definition) is 2. The van der Waals surface area contributed by atoms with Gasteiger partial charge >= 0.3 is 6.18 Å². The lowest BCUT2D eigenvalue weighted by molar-refractivity contribution is -0.142. The smallest absolute Gasteiger partial charge is 0.373 e. The third kappa shape index (κ3) is 6.17. The summed E-state index contributed by atoms with van der Waals surface area (Å²) in [4.78, 5) is 1.19. The highest BCUT2D eigenvalue weighted by molar-refractivity contribution is 7.19. The van der Waals surface area contributed by atoms with Crippen molar-refractivity contribution in [2.75, 3.05) is 0 Å². The van der Waals surface area contributed by atoms with Crippen LogP contribution >= 0.6 is 11.3 Å². The summed E-state index contributed by atoms with van der Waals surface area (Å²) in [5, 5.41) is 1.23. The summed E-state index contributed by atoms with van der Waals surface area (Å²) in [6, 6.07) is 14.2. The molecule has 0 saturated heterocycles. The van der Waals surface area contributed by atoms with Gasteiger partial charge in [-0.2, -0.15) is 13.2 Å². The van der Waals surface area contributed by atoms with Gasteiger partial charge < -0.3 is 4.74 Å². The van der Waals surface area contributed by atoms with E-state index in [1.165, 1.54) is 32.7 Å². The summed E-state index contributed by atoms with van der Waals surface area (Å²) in [6.45, 7) is 2.73. The highest BCUT2D eigenvalue weighted by atomic mass is 32.1. The minimum absolute atomic E-state index is 0.107. The molecular formula is C31H28F6OS. The summed E-state index contributed by atoms with van der Waals surface area (Å²) in [5.74, 6) is -4.15. The molecule has 0 atom stereocenters. The van der Waals surface area contributed by atoms with Gasteiger partial charge in [-0.05, 0) is 90.4 Å². The van der Waals surface area contributed by atoms with Gasteiger partial charge in [-0.1, -0.05) is 37.6 Å². The fourth-order valence-corrected chi connectivity index (χ4v) is 6.48. The molecule has 0 N–H and O–H groups in total. The monoisotopic (exact) mass is 562 g/mol. The van der Waals surface area contributed by atoms with Crippen molar-refractivity contribution in [3.05, 3.63) is 93.6 Å². The van der Waals surface area contributed by atoms with Gasteiger partial charge in [0.15, 0.2) is 0 Å². The number of ether oxygens (including phenoxy) is 1. The molecule has 1 fully saturated rings. The zero-order valence-electron chi connectivity index (χ0n) is 21.4. The van der Waals surface area contributed by atoms with Crippen molar-refractivity contribution in [2.45, 2.75) is 70.3 Å². The quantitative estimate of drug-likeness (QED) is 0.204. The van der Waals surface area contributed by atoms with Crippen molar-refractivity contribution in [3.63, 3.8) is 0 Å². The van der Waals surface area contributed by atoms with E-state index in [4.69, 9.17) is 4.74 Å². The molecule has 0 radical (unpaired) electrons. The van der Waals surface area contributed by atoms with E-state index in [2.05, 4.69) is 31.2 Å². The summed E-state index contributed by atoms with van der Waals surface area (Å²) < 4.78 is 89.0. The molecule has 0 amide bonds. The number of aryl methyl sites for hydroxylation is 1. The SMILES string of the molecule is CCCc1ccc2cc(COC3CCC(c4ccc(-c5cc(F)c(C(F)(F)F)c(F)c5)c(F)c4)CC3)sc2c1.